The van der Waals surface area contributed by atoms with Gasteiger partial charge >= 0.3 is 0 Å². The van der Waals surface area contributed by atoms with E-state index in [-0.39, 0.29) is 5.69 Å². The maximum Gasteiger partial charge on any atom is 0.269 e. The molecule has 2 aromatic rings. The molecule has 0 aromatic heterocycles. The molecule has 0 saturated carbocycles. The first kappa shape index (κ1) is 13.9. The molecular weight excluding hydrogens is 282 g/mol. The Morgan fingerprint density at radius 3 is 2.74 bits per heavy atom. The lowest BCUT2D eigenvalue weighted by atomic mass is 10.2. The Labute approximate surface area is 120 Å². The maximum absolute atomic E-state index is 10.7. The van der Waals surface area contributed by atoms with Crippen LogP contribution in [0.5, 0.6) is 0 Å². The van der Waals surface area contributed by atoms with Crippen molar-refractivity contribution in [1.29, 1.82) is 0 Å². The van der Waals surface area contributed by atoms with E-state index in [0.29, 0.717) is 10.8 Å². The first-order valence-corrected chi connectivity index (χ1v) is 7.05. The van der Waals surface area contributed by atoms with Gasteiger partial charge in [0.1, 0.15) is 0 Å². The summed E-state index contributed by atoms with van der Waals surface area (Å²) in [6.45, 7) is 2.03. The van der Waals surface area contributed by atoms with E-state index in [2.05, 4.69) is 6.07 Å². The average Bonchev–Trinajstić information content (AvgIpc) is 2.37. The van der Waals surface area contributed by atoms with Gasteiger partial charge in [-0.15, -0.1) is 11.8 Å². The number of nitro benzene ring substituents is 1. The third-order valence-electron chi connectivity index (χ3n) is 2.62. The maximum atomic E-state index is 10.7. The van der Waals surface area contributed by atoms with E-state index in [4.69, 9.17) is 11.6 Å². The summed E-state index contributed by atoms with van der Waals surface area (Å²) in [4.78, 5) is 11.5. The molecule has 0 fully saturated rings. The van der Waals surface area contributed by atoms with Crippen LogP contribution >= 0.6 is 23.4 Å². The van der Waals surface area contributed by atoms with Gasteiger partial charge in [0, 0.05) is 27.8 Å². The van der Waals surface area contributed by atoms with Crippen LogP contribution in [0.3, 0.4) is 0 Å². The van der Waals surface area contributed by atoms with Crippen molar-refractivity contribution in [2.45, 2.75) is 17.6 Å². The van der Waals surface area contributed by atoms with Crippen molar-refractivity contribution in [2.75, 3.05) is 0 Å². The number of hydrogen-bond donors (Lipinski definition) is 0. The summed E-state index contributed by atoms with van der Waals surface area (Å²) in [6.07, 6.45) is 0. The highest BCUT2D eigenvalue weighted by Crippen LogP contribution is 2.29. The molecule has 2 rings (SSSR count). The molecule has 5 heteroatoms. The molecule has 0 unspecified atom stereocenters. The summed E-state index contributed by atoms with van der Waals surface area (Å²) in [6, 6.07) is 12.6. The van der Waals surface area contributed by atoms with Crippen molar-refractivity contribution in [3.05, 3.63) is 68.7 Å². The van der Waals surface area contributed by atoms with Crippen molar-refractivity contribution >= 4 is 29.1 Å². The van der Waals surface area contributed by atoms with E-state index in [1.807, 2.05) is 25.1 Å². The summed E-state index contributed by atoms with van der Waals surface area (Å²) >= 11 is 7.68. The summed E-state index contributed by atoms with van der Waals surface area (Å²) in [7, 11) is 0. The molecule has 0 radical (unpaired) electrons. The molecule has 0 aliphatic heterocycles. The molecule has 0 aliphatic carbocycles. The third-order valence-corrected chi connectivity index (χ3v) is 4.04. The van der Waals surface area contributed by atoms with E-state index in [1.54, 1.807) is 17.8 Å². The second-order valence-corrected chi connectivity index (χ2v) is 5.59. The van der Waals surface area contributed by atoms with Gasteiger partial charge in [0.15, 0.2) is 0 Å². The number of benzene rings is 2. The Hall–Kier alpha value is -1.52. The molecule has 98 valence electrons. The van der Waals surface area contributed by atoms with Gasteiger partial charge in [-0.1, -0.05) is 29.3 Å². The van der Waals surface area contributed by atoms with Gasteiger partial charge in [0.05, 0.1) is 4.92 Å². The molecule has 2 aromatic carbocycles. The number of hydrogen-bond acceptors (Lipinski definition) is 3. The first-order valence-electron chi connectivity index (χ1n) is 5.68. The van der Waals surface area contributed by atoms with Crippen molar-refractivity contribution in [3.8, 4) is 0 Å². The van der Waals surface area contributed by atoms with E-state index in [1.165, 1.54) is 17.7 Å². The van der Waals surface area contributed by atoms with Gasteiger partial charge in [-0.3, -0.25) is 10.1 Å². The quantitative estimate of drug-likeness (QED) is 0.460. The second kappa shape index (κ2) is 6.08. The van der Waals surface area contributed by atoms with Crippen LogP contribution in [0.25, 0.3) is 0 Å². The Morgan fingerprint density at radius 2 is 2.05 bits per heavy atom. The smallest absolute Gasteiger partial charge is 0.258 e. The number of thioether (sulfide) groups is 1. The fourth-order valence-electron chi connectivity index (χ4n) is 1.65. The molecule has 19 heavy (non-hydrogen) atoms. The van der Waals surface area contributed by atoms with Gasteiger partial charge in [0.2, 0.25) is 0 Å². The molecule has 0 aliphatic rings. The van der Waals surface area contributed by atoms with Gasteiger partial charge in [0.25, 0.3) is 5.69 Å². The number of aryl methyl sites for hydroxylation is 1. The second-order valence-electron chi connectivity index (χ2n) is 4.14. The van der Waals surface area contributed by atoms with Crippen LogP contribution in [-0.2, 0) is 5.75 Å². The average molecular weight is 294 g/mol. The summed E-state index contributed by atoms with van der Waals surface area (Å²) in [5.41, 5.74) is 2.04. The van der Waals surface area contributed by atoms with Gasteiger partial charge in [-0.05, 0) is 30.7 Å². The predicted molar refractivity (Wildman–Crippen MR) is 78.8 cm³/mol. The number of non-ortho nitro benzene ring substituents is 1. The zero-order valence-corrected chi connectivity index (χ0v) is 11.9. The van der Waals surface area contributed by atoms with Crippen LogP contribution in [0.1, 0.15) is 11.1 Å². The van der Waals surface area contributed by atoms with Crippen LogP contribution in [-0.4, -0.2) is 4.92 Å². The normalized spacial score (nSPS) is 10.4. The molecular formula is C14H12ClNO2S. The summed E-state index contributed by atoms with van der Waals surface area (Å²) in [5.74, 6) is 0.615. The monoisotopic (exact) mass is 293 g/mol. The highest BCUT2D eigenvalue weighted by atomic mass is 35.5. The van der Waals surface area contributed by atoms with Crippen LogP contribution in [0.4, 0.5) is 5.69 Å². The van der Waals surface area contributed by atoms with Gasteiger partial charge in [-0.2, -0.15) is 0 Å². The van der Waals surface area contributed by atoms with Gasteiger partial charge < -0.3 is 0 Å². The van der Waals surface area contributed by atoms with Crippen molar-refractivity contribution in [1.82, 2.24) is 0 Å². The van der Waals surface area contributed by atoms with Crippen LogP contribution in [0.15, 0.2) is 47.4 Å². The van der Waals surface area contributed by atoms with Crippen LogP contribution < -0.4 is 0 Å². The highest BCUT2D eigenvalue weighted by molar-refractivity contribution is 7.98. The summed E-state index contributed by atoms with van der Waals surface area (Å²) in [5, 5.41) is 11.3. The Kier molecular flexibility index (Phi) is 4.45. The number of halogens is 1. The molecule has 0 N–H and O–H groups in total. The standard InChI is InChI=1S/C14H12ClNO2S/c1-10-3-2-4-13(7-10)19-9-11-8-12(16(17)18)5-6-14(11)15/h2-8H,9H2,1H3. The zero-order valence-electron chi connectivity index (χ0n) is 10.3. The number of nitrogens with zero attached hydrogens (tertiary/aromatic N) is 1. The highest BCUT2D eigenvalue weighted by Gasteiger charge is 2.10. The molecule has 0 heterocycles. The SMILES string of the molecule is Cc1cccc(SCc2cc([N+](=O)[O-])ccc2Cl)c1. The molecule has 0 atom stereocenters. The van der Waals surface area contributed by atoms with Crippen LogP contribution in [0.2, 0.25) is 5.02 Å². The van der Waals surface area contributed by atoms with Gasteiger partial charge in [-0.25, -0.2) is 0 Å². The van der Waals surface area contributed by atoms with Crippen LogP contribution in [0, 0.1) is 17.0 Å². The van der Waals surface area contributed by atoms with E-state index in [0.717, 1.165) is 10.5 Å². The lowest BCUT2D eigenvalue weighted by Crippen LogP contribution is -1.90. The zero-order chi connectivity index (χ0) is 13.8. The molecule has 0 bridgehead atoms. The van der Waals surface area contributed by atoms with Crippen molar-refractivity contribution in [3.63, 3.8) is 0 Å². The predicted octanol–water partition coefficient (Wildman–Crippen LogP) is 4.85. The molecule has 0 spiro atoms. The fourth-order valence-corrected chi connectivity index (χ4v) is 2.92. The lowest BCUT2D eigenvalue weighted by molar-refractivity contribution is -0.384. The van der Waals surface area contributed by atoms with Crippen molar-refractivity contribution < 1.29 is 4.92 Å². The fraction of sp³-hybridized carbons (Fsp3) is 0.143. The largest absolute Gasteiger partial charge is 0.269 e. The van der Waals surface area contributed by atoms with E-state index >= 15 is 0 Å². The van der Waals surface area contributed by atoms with E-state index in [9.17, 15) is 10.1 Å². The van der Waals surface area contributed by atoms with E-state index < -0.39 is 4.92 Å². The molecule has 0 amide bonds. The minimum Gasteiger partial charge on any atom is -0.258 e. The molecule has 0 saturated heterocycles. The Morgan fingerprint density at radius 1 is 1.26 bits per heavy atom. The third kappa shape index (κ3) is 3.72. The minimum absolute atomic E-state index is 0.0734. The Bertz CT molecular complexity index is 616. The topological polar surface area (TPSA) is 43.1 Å². The van der Waals surface area contributed by atoms with Crippen molar-refractivity contribution in [2.24, 2.45) is 0 Å². The lowest BCUT2D eigenvalue weighted by Gasteiger charge is -2.05. The number of nitro groups is 1. The Balaban J connectivity index is 2.15. The minimum atomic E-state index is -0.406. The first-order chi connectivity index (χ1) is 9.06. The molecule has 3 nitrogen and oxygen atoms in total. The summed E-state index contributed by atoms with van der Waals surface area (Å²) < 4.78 is 0. The number of rotatable bonds is 4.